The van der Waals surface area contributed by atoms with Crippen LogP contribution in [0.4, 0.5) is 5.69 Å². The molecule has 0 radical (unpaired) electrons. The molecule has 1 aromatic rings. The van der Waals surface area contributed by atoms with Gasteiger partial charge < -0.3 is 20.9 Å². The van der Waals surface area contributed by atoms with Crippen LogP contribution in [-0.4, -0.2) is 30.6 Å². The number of carboxylic acids is 1. The summed E-state index contributed by atoms with van der Waals surface area (Å²) < 4.78 is 5.08. The van der Waals surface area contributed by atoms with Crippen LogP contribution in [0.5, 0.6) is 5.75 Å². The second kappa shape index (κ2) is 6.75. The summed E-state index contributed by atoms with van der Waals surface area (Å²) in [5, 5.41) is 11.6. The van der Waals surface area contributed by atoms with Crippen molar-refractivity contribution in [3.63, 3.8) is 0 Å². The first-order chi connectivity index (χ1) is 8.97. The third-order valence-electron chi connectivity index (χ3n) is 2.66. The van der Waals surface area contributed by atoms with Crippen molar-refractivity contribution in [1.29, 1.82) is 0 Å². The van der Waals surface area contributed by atoms with Gasteiger partial charge in [0.05, 0.1) is 18.4 Å². The zero-order chi connectivity index (χ0) is 14.4. The smallest absolute Gasteiger partial charge is 0.335 e. The minimum absolute atomic E-state index is 0.0636. The van der Waals surface area contributed by atoms with E-state index in [-0.39, 0.29) is 23.8 Å². The van der Waals surface area contributed by atoms with Crippen molar-refractivity contribution in [2.45, 2.75) is 13.3 Å². The van der Waals surface area contributed by atoms with E-state index in [0.29, 0.717) is 18.0 Å². The third-order valence-corrected chi connectivity index (χ3v) is 2.66. The Hall–Kier alpha value is -2.08. The molecule has 6 nitrogen and oxygen atoms in total. The van der Waals surface area contributed by atoms with E-state index in [9.17, 15) is 9.59 Å². The van der Waals surface area contributed by atoms with Gasteiger partial charge in [-0.1, -0.05) is 6.92 Å². The first-order valence-corrected chi connectivity index (χ1v) is 5.89. The average Bonchev–Trinajstić information content (AvgIpc) is 2.38. The zero-order valence-electron chi connectivity index (χ0n) is 11.0. The van der Waals surface area contributed by atoms with Gasteiger partial charge in [-0.2, -0.15) is 0 Å². The van der Waals surface area contributed by atoms with E-state index >= 15 is 0 Å². The summed E-state index contributed by atoms with van der Waals surface area (Å²) >= 11 is 0. The number of aromatic carboxylic acids is 1. The van der Waals surface area contributed by atoms with Gasteiger partial charge in [-0.05, 0) is 30.7 Å². The second-order valence-corrected chi connectivity index (χ2v) is 4.31. The van der Waals surface area contributed by atoms with Crippen LogP contribution in [0.25, 0.3) is 0 Å². The third kappa shape index (κ3) is 4.26. The average molecular weight is 266 g/mol. The highest BCUT2D eigenvalue weighted by Crippen LogP contribution is 2.25. The molecular weight excluding hydrogens is 248 g/mol. The Labute approximate surface area is 111 Å². The Kier molecular flexibility index (Phi) is 5.32. The number of methoxy groups -OCH3 is 1. The van der Waals surface area contributed by atoms with E-state index in [1.165, 1.54) is 25.3 Å². The van der Waals surface area contributed by atoms with Crippen molar-refractivity contribution < 1.29 is 19.4 Å². The summed E-state index contributed by atoms with van der Waals surface area (Å²) in [4.78, 5) is 22.7. The Bertz CT molecular complexity index is 474. The fraction of sp³-hybridized carbons (Fsp3) is 0.385. The molecule has 0 bridgehead atoms. The van der Waals surface area contributed by atoms with Crippen LogP contribution in [0.2, 0.25) is 0 Å². The number of rotatable bonds is 6. The first-order valence-electron chi connectivity index (χ1n) is 5.89. The molecule has 0 heterocycles. The van der Waals surface area contributed by atoms with Gasteiger partial charge in [0.15, 0.2) is 0 Å². The summed E-state index contributed by atoms with van der Waals surface area (Å²) in [5.74, 6) is -0.806. The highest BCUT2D eigenvalue weighted by Gasteiger charge is 2.13. The van der Waals surface area contributed by atoms with E-state index in [1.54, 1.807) is 0 Å². The number of carbonyl (C=O) groups excluding carboxylic acids is 1. The maximum atomic E-state index is 11.8. The minimum Gasteiger partial charge on any atom is -0.495 e. The molecule has 0 aliphatic heterocycles. The van der Waals surface area contributed by atoms with E-state index < -0.39 is 5.97 Å². The molecular formula is C13H18N2O4. The number of ether oxygens (including phenoxy) is 1. The van der Waals surface area contributed by atoms with E-state index in [4.69, 9.17) is 15.6 Å². The van der Waals surface area contributed by atoms with Crippen LogP contribution in [0.15, 0.2) is 18.2 Å². The SMILES string of the molecule is COc1ccc(C(=O)O)cc1NC(=O)CC(C)CN. The molecule has 0 saturated carbocycles. The highest BCUT2D eigenvalue weighted by atomic mass is 16.5. The molecule has 1 amide bonds. The molecule has 1 atom stereocenters. The van der Waals surface area contributed by atoms with Crippen LogP contribution in [0.3, 0.4) is 0 Å². The van der Waals surface area contributed by atoms with Crippen molar-refractivity contribution in [2.24, 2.45) is 11.7 Å². The van der Waals surface area contributed by atoms with Gasteiger partial charge in [-0.15, -0.1) is 0 Å². The van der Waals surface area contributed by atoms with Gasteiger partial charge >= 0.3 is 5.97 Å². The molecule has 0 saturated heterocycles. The van der Waals surface area contributed by atoms with Gasteiger partial charge in [0.2, 0.25) is 5.91 Å². The lowest BCUT2D eigenvalue weighted by Crippen LogP contribution is -2.20. The Morgan fingerprint density at radius 2 is 2.16 bits per heavy atom. The van der Waals surface area contributed by atoms with Crippen molar-refractivity contribution in [3.8, 4) is 5.75 Å². The molecule has 6 heteroatoms. The lowest BCUT2D eigenvalue weighted by atomic mass is 10.1. The Balaban J connectivity index is 2.88. The zero-order valence-corrected chi connectivity index (χ0v) is 11.0. The highest BCUT2D eigenvalue weighted by molar-refractivity contribution is 5.95. The Morgan fingerprint density at radius 1 is 1.47 bits per heavy atom. The molecule has 0 aromatic heterocycles. The first kappa shape index (κ1) is 15.0. The second-order valence-electron chi connectivity index (χ2n) is 4.31. The lowest BCUT2D eigenvalue weighted by molar-refractivity contribution is -0.116. The topological polar surface area (TPSA) is 102 Å². The predicted molar refractivity (Wildman–Crippen MR) is 71.4 cm³/mol. The molecule has 0 aliphatic rings. The number of carbonyl (C=O) groups is 2. The maximum Gasteiger partial charge on any atom is 0.335 e. The quantitative estimate of drug-likeness (QED) is 0.720. The van der Waals surface area contributed by atoms with Crippen molar-refractivity contribution >= 4 is 17.6 Å². The number of nitrogens with two attached hydrogens (primary N) is 1. The fourth-order valence-corrected chi connectivity index (χ4v) is 1.54. The van der Waals surface area contributed by atoms with Gasteiger partial charge in [-0.25, -0.2) is 4.79 Å². The van der Waals surface area contributed by atoms with Gasteiger partial charge in [-0.3, -0.25) is 4.79 Å². The summed E-state index contributed by atoms with van der Waals surface area (Å²) in [7, 11) is 1.45. The summed E-state index contributed by atoms with van der Waals surface area (Å²) in [6.45, 7) is 2.28. The molecule has 1 aromatic carbocycles. The molecule has 104 valence electrons. The predicted octanol–water partition coefficient (Wildman–Crippen LogP) is 1.32. The maximum absolute atomic E-state index is 11.8. The Morgan fingerprint density at radius 3 is 2.68 bits per heavy atom. The van der Waals surface area contributed by atoms with Crippen LogP contribution >= 0.6 is 0 Å². The summed E-state index contributed by atoms with van der Waals surface area (Å²) in [5.41, 5.74) is 5.88. The van der Waals surface area contributed by atoms with Crippen LogP contribution in [-0.2, 0) is 4.79 Å². The molecule has 0 aliphatic carbocycles. The molecule has 0 spiro atoms. The molecule has 0 fully saturated rings. The van der Waals surface area contributed by atoms with Crippen LogP contribution in [0.1, 0.15) is 23.7 Å². The van der Waals surface area contributed by atoms with Crippen molar-refractivity contribution in [2.75, 3.05) is 19.0 Å². The van der Waals surface area contributed by atoms with E-state index in [0.717, 1.165) is 0 Å². The van der Waals surface area contributed by atoms with Crippen molar-refractivity contribution in [1.82, 2.24) is 0 Å². The molecule has 19 heavy (non-hydrogen) atoms. The number of carboxylic acid groups (broad SMARTS) is 1. The van der Waals surface area contributed by atoms with Gasteiger partial charge in [0.1, 0.15) is 5.75 Å². The molecule has 1 rings (SSSR count). The number of benzene rings is 1. The number of amides is 1. The number of anilines is 1. The monoisotopic (exact) mass is 266 g/mol. The largest absolute Gasteiger partial charge is 0.495 e. The van der Waals surface area contributed by atoms with Crippen LogP contribution in [0, 0.1) is 5.92 Å². The normalized spacial score (nSPS) is 11.7. The van der Waals surface area contributed by atoms with Gasteiger partial charge in [0.25, 0.3) is 0 Å². The number of nitrogens with one attached hydrogen (secondary N) is 1. The summed E-state index contributed by atoms with van der Waals surface area (Å²) in [6.07, 6.45) is 0.275. The van der Waals surface area contributed by atoms with Gasteiger partial charge in [0, 0.05) is 6.42 Å². The number of hydrogen-bond acceptors (Lipinski definition) is 4. The molecule has 4 N–H and O–H groups in total. The van der Waals surface area contributed by atoms with E-state index in [1.807, 2.05) is 6.92 Å². The van der Waals surface area contributed by atoms with Crippen LogP contribution < -0.4 is 15.8 Å². The minimum atomic E-state index is -1.06. The number of hydrogen-bond donors (Lipinski definition) is 3. The summed E-state index contributed by atoms with van der Waals surface area (Å²) in [6, 6.07) is 4.29. The van der Waals surface area contributed by atoms with Crippen molar-refractivity contribution in [3.05, 3.63) is 23.8 Å². The molecule has 1 unspecified atom stereocenters. The van der Waals surface area contributed by atoms with E-state index in [2.05, 4.69) is 5.32 Å². The standard InChI is InChI=1S/C13H18N2O4/c1-8(7-14)5-12(16)15-10-6-9(13(17)18)3-4-11(10)19-2/h3-4,6,8H,5,7,14H2,1-2H3,(H,15,16)(H,17,18). The lowest BCUT2D eigenvalue weighted by Gasteiger charge is -2.12. The fourth-order valence-electron chi connectivity index (χ4n) is 1.54.